The molecule has 1 aromatic carbocycles. The van der Waals surface area contributed by atoms with Crippen molar-refractivity contribution in [1.29, 1.82) is 0 Å². The Bertz CT molecular complexity index is 638. The van der Waals surface area contributed by atoms with E-state index in [1.165, 1.54) is 38.5 Å². The number of nitrogens with one attached hydrogen (secondary N) is 1. The van der Waals surface area contributed by atoms with Crippen LogP contribution in [0.3, 0.4) is 0 Å². The fourth-order valence-electron chi connectivity index (χ4n) is 2.01. The summed E-state index contributed by atoms with van der Waals surface area (Å²) in [6.45, 7) is 1.58. The summed E-state index contributed by atoms with van der Waals surface area (Å²) >= 11 is 0. The SMILES string of the molecule is COCc1cc(C(=O)NCC(C)(O)c2ccco2)ccc1F. The number of hydrogen-bond donors (Lipinski definition) is 2. The molecule has 118 valence electrons. The van der Waals surface area contributed by atoms with E-state index in [9.17, 15) is 14.3 Å². The summed E-state index contributed by atoms with van der Waals surface area (Å²) in [7, 11) is 1.45. The molecule has 1 heterocycles. The second-order valence-electron chi connectivity index (χ2n) is 5.17. The molecule has 0 spiro atoms. The van der Waals surface area contributed by atoms with Crippen LogP contribution in [0.1, 0.15) is 28.6 Å². The lowest BCUT2D eigenvalue weighted by Crippen LogP contribution is -2.38. The quantitative estimate of drug-likeness (QED) is 0.858. The van der Waals surface area contributed by atoms with E-state index in [0.29, 0.717) is 16.9 Å². The van der Waals surface area contributed by atoms with Gasteiger partial charge in [-0.05, 0) is 37.3 Å². The summed E-state index contributed by atoms with van der Waals surface area (Å²) in [5.74, 6) is -0.489. The minimum atomic E-state index is -1.32. The number of methoxy groups -OCH3 is 1. The highest BCUT2D eigenvalue weighted by molar-refractivity contribution is 5.94. The smallest absolute Gasteiger partial charge is 0.251 e. The number of hydrogen-bond acceptors (Lipinski definition) is 4. The zero-order valence-electron chi connectivity index (χ0n) is 12.4. The lowest BCUT2D eigenvalue weighted by Gasteiger charge is -2.21. The van der Waals surface area contributed by atoms with Gasteiger partial charge in [-0.15, -0.1) is 0 Å². The van der Waals surface area contributed by atoms with Gasteiger partial charge < -0.3 is 19.6 Å². The van der Waals surface area contributed by atoms with Crippen LogP contribution in [-0.4, -0.2) is 24.7 Å². The number of rotatable bonds is 6. The van der Waals surface area contributed by atoms with Crippen molar-refractivity contribution in [1.82, 2.24) is 5.32 Å². The van der Waals surface area contributed by atoms with Crippen LogP contribution in [0.25, 0.3) is 0 Å². The van der Waals surface area contributed by atoms with Crippen LogP contribution in [0, 0.1) is 5.82 Å². The van der Waals surface area contributed by atoms with Gasteiger partial charge in [0.15, 0.2) is 0 Å². The Morgan fingerprint density at radius 2 is 2.23 bits per heavy atom. The topological polar surface area (TPSA) is 71.7 Å². The number of ether oxygens (including phenoxy) is 1. The van der Waals surface area contributed by atoms with Crippen LogP contribution in [0.4, 0.5) is 4.39 Å². The molecule has 0 saturated heterocycles. The third kappa shape index (κ3) is 3.72. The molecule has 22 heavy (non-hydrogen) atoms. The van der Waals surface area contributed by atoms with Crippen molar-refractivity contribution in [2.75, 3.05) is 13.7 Å². The molecule has 2 N–H and O–H groups in total. The summed E-state index contributed by atoms with van der Waals surface area (Å²) in [5, 5.41) is 12.9. The van der Waals surface area contributed by atoms with Crippen molar-refractivity contribution >= 4 is 5.91 Å². The van der Waals surface area contributed by atoms with E-state index in [0.717, 1.165) is 0 Å². The van der Waals surface area contributed by atoms with Gasteiger partial charge in [-0.25, -0.2) is 4.39 Å². The molecule has 0 aliphatic heterocycles. The van der Waals surface area contributed by atoms with Gasteiger partial charge in [-0.2, -0.15) is 0 Å². The standard InChI is InChI=1S/C16H18FNO4/c1-16(20,14-4-3-7-22-14)10-18-15(19)11-5-6-13(17)12(8-11)9-21-2/h3-8,20H,9-10H2,1-2H3,(H,18,19). The molecule has 0 radical (unpaired) electrons. The number of aliphatic hydroxyl groups is 1. The van der Waals surface area contributed by atoms with E-state index in [2.05, 4.69) is 5.32 Å². The number of amides is 1. The zero-order valence-corrected chi connectivity index (χ0v) is 12.4. The molecular formula is C16H18FNO4. The highest BCUT2D eigenvalue weighted by atomic mass is 19.1. The molecule has 2 rings (SSSR count). The van der Waals surface area contributed by atoms with Crippen molar-refractivity contribution < 1.29 is 23.4 Å². The summed E-state index contributed by atoms with van der Waals surface area (Å²) < 4.78 is 23.5. The van der Waals surface area contributed by atoms with E-state index in [1.807, 2.05) is 0 Å². The Hall–Kier alpha value is -2.18. The zero-order chi connectivity index (χ0) is 16.2. The third-order valence-corrected chi connectivity index (χ3v) is 3.25. The monoisotopic (exact) mass is 307 g/mol. The first kappa shape index (κ1) is 16.2. The number of benzene rings is 1. The molecule has 0 aliphatic carbocycles. The average Bonchev–Trinajstić information content (AvgIpc) is 3.02. The van der Waals surface area contributed by atoms with Crippen molar-refractivity contribution in [3.63, 3.8) is 0 Å². The number of halogens is 1. The summed E-state index contributed by atoms with van der Waals surface area (Å²) in [6, 6.07) is 7.30. The highest BCUT2D eigenvalue weighted by Crippen LogP contribution is 2.20. The highest BCUT2D eigenvalue weighted by Gasteiger charge is 2.27. The van der Waals surface area contributed by atoms with Crippen LogP contribution in [0.2, 0.25) is 0 Å². The van der Waals surface area contributed by atoms with E-state index in [-0.39, 0.29) is 13.2 Å². The van der Waals surface area contributed by atoms with E-state index in [1.54, 1.807) is 12.1 Å². The predicted octanol–water partition coefficient (Wildman–Crippen LogP) is 2.20. The van der Waals surface area contributed by atoms with Gasteiger partial charge >= 0.3 is 0 Å². The summed E-state index contributed by atoms with van der Waals surface area (Å²) in [6.07, 6.45) is 1.45. The average molecular weight is 307 g/mol. The Morgan fingerprint density at radius 1 is 1.45 bits per heavy atom. The maximum absolute atomic E-state index is 13.5. The lowest BCUT2D eigenvalue weighted by atomic mass is 10.0. The normalized spacial score (nSPS) is 13.6. The van der Waals surface area contributed by atoms with Crippen molar-refractivity contribution in [2.45, 2.75) is 19.1 Å². The molecule has 1 atom stereocenters. The van der Waals surface area contributed by atoms with Gasteiger partial charge in [0.25, 0.3) is 5.91 Å². The number of carbonyl (C=O) groups excluding carboxylic acids is 1. The van der Waals surface area contributed by atoms with Crippen LogP contribution >= 0.6 is 0 Å². The summed E-state index contributed by atoms with van der Waals surface area (Å²) in [4.78, 5) is 12.1. The van der Waals surface area contributed by atoms with Gasteiger partial charge in [0, 0.05) is 18.2 Å². The third-order valence-electron chi connectivity index (χ3n) is 3.25. The molecule has 0 fully saturated rings. The lowest BCUT2D eigenvalue weighted by molar-refractivity contribution is 0.0330. The number of furan rings is 1. The molecular weight excluding hydrogens is 289 g/mol. The molecule has 1 aromatic heterocycles. The molecule has 1 unspecified atom stereocenters. The minimum absolute atomic E-state index is 0.0314. The van der Waals surface area contributed by atoms with Gasteiger partial charge in [0.2, 0.25) is 0 Å². The van der Waals surface area contributed by atoms with Crippen LogP contribution < -0.4 is 5.32 Å². The second-order valence-corrected chi connectivity index (χ2v) is 5.17. The molecule has 1 amide bonds. The molecule has 0 saturated carbocycles. The van der Waals surface area contributed by atoms with E-state index >= 15 is 0 Å². The number of carbonyl (C=O) groups is 1. The minimum Gasteiger partial charge on any atom is -0.466 e. The first-order valence-electron chi connectivity index (χ1n) is 6.76. The first-order valence-corrected chi connectivity index (χ1v) is 6.76. The van der Waals surface area contributed by atoms with Crippen molar-refractivity contribution in [2.24, 2.45) is 0 Å². The van der Waals surface area contributed by atoms with Crippen molar-refractivity contribution in [3.05, 3.63) is 59.3 Å². The van der Waals surface area contributed by atoms with Crippen LogP contribution in [0.15, 0.2) is 41.0 Å². The molecule has 5 nitrogen and oxygen atoms in total. The van der Waals surface area contributed by atoms with E-state index < -0.39 is 17.3 Å². The summed E-state index contributed by atoms with van der Waals surface area (Å²) in [5.41, 5.74) is -0.731. The molecule has 0 aliphatic rings. The molecule has 0 bridgehead atoms. The molecule has 2 aromatic rings. The Labute approximate surface area is 127 Å². The largest absolute Gasteiger partial charge is 0.466 e. The van der Waals surface area contributed by atoms with Gasteiger partial charge in [0.1, 0.15) is 17.2 Å². The van der Waals surface area contributed by atoms with Crippen LogP contribution in [-0.2, 0) is 16.9 Å². The van der Waals surface area contributed by atoms with Crippen LogP contribution in [0.5, 0.6) is 0 Å². The fraction of sp³-hybridized carbons (Fsp3) is 0.312. The Morgan fingerprint density at radius 3 is 2.86 bits per heavy atom. The van der Waals surface area contributed by atoms with E-state index in [4.69, 9.17) is 9.15 Å². The maximum atomic E-state index is 13.5. The molecule has 6 heteroatoms. The fourth-order valence-corrected chi connectivity index (χ4v) is 2.01. The maximum Gasteiger partial charge on any atom is 0.251 e. The van der Waals surface area contributed by atoms with Gasteiger partial charge in [-0.3, -0.25) is 4.79 Å². The Kier molecular flexibility index (Phi) is 4.95. The van der Waals surface area contributed by atoms with Gasteiger partial charge in [0.05, 0.1) is 19.4 Å². The van der Waals surface area contributed by atoms with Crippen molar-refractivity contribution in [3.8, 4) is 0 Å². The predicted molar refractivity (Wildman–Crippen MR) is 77.7 cm³/mol. The Balaban J connectivity index is 2.05. The second kappa shape index (κ2) is 6.72. The first-order chi connectivity index (χ1) is 10.4. The van der Waals surface area contributed by atoms with Gasteiger partial charge in [-0.1, -0.05) is 0 Å².